The Labute approximate surface area is 104 Å². The lowest BCUT2D eigenvalue weighted by atomic mass is 9.90. The van der Waals surface area contributed by atoms with E-state index in [2.05, 4.69) is 12.2 Å². The molecule has 0 bridgehead atoms. The molecule has 0 aromatic heterocycles. The Balaban J connectivity index is 0.000000686. The van der Waals surface area contributed by atoms with Gasteiger partial charge in [0.25, 0.3) is 0 Å². The second kappa shape index (κ2) is 6.50. The Hall–Kier alpha value is -1.22. The molecular formula is C14H23NO2. The van der Waals surface area contributed by atoms with Gasteiger partial charge in [0.2, 0.25) is 0 Å². The zero-order valence-corrected chi connectivity index (χ0v) is 11.2. The highest BCUT2D eigenvalue weighted by molar-refractivity contribution is 5.43. The molecule has 1 aromatic rings. The third-order valence-corrected chi connectivity index (χ3v) is 3.15. The van der Waals surface area contributed by atoms with Gasteiger partial charge in [0, 0.05) is 12.5 Å². The summed E-state index contributed by atoms with van der Waals surface area (Å²) in [5.41, 5.74) is 1.19. The van der Waals surface area contributed by atoms with Crippen LogP contribution in [0, 0.1) is 5.92 Å². The largest absolute Gasteiger partial charge is 0.504 e. The van der Waals surface area contributed by atoms with E-state index in [0.717, 1.165) is 13.1 Å². The number of phenolic OH excluding ortho intramolecular Hbond substituents is 1. The molecule has 1 saturated heterocycles. The van der Waals surface area contributed by atoms with E-state index in [0.29, 0.717) is 17.6 Å². The highest BCUT2D eigenvalue weighted by atomic mass is 16.5. The number of nitrogens with one attached hydrogen (secondary N) is 1. The minimum atomic E-state index is 0.231. The summed E-state index contributed by atoms with van der Waals surface area (Å²) in [6, 6.07) is 5.68. The summed E-state index contributed by atoms with van der Waals surface area (Å²) in [6.07, 6.45) is 0. The molecule has 1 aromatic carbocycles. The molecule has 3 nitrogen and oxygen atoms in total. The minimum Gasteiger partial charge on any atom is -0.504 e. The van der Waals surface area contributed by atoms with Crippen LogP contribution in [0.2, 0.25) is 0 Å². The molecule has 17 heavy (non-hydrogen) atoms. The molecular weight excluding hydrogens is 214 g/mol. The van der Waals surface area contributed by atoms with Gasteiger partial charge in [-0.05, 0) is 30.2 Å². The highest BCUT2D eigenvalue weighted by Gasteiger charge is 2.25. The summed E-state index contributed by atoms with van der Waals surface area (Å²) >= 11 is 0. The van der Waals surface area contributed by atoms with E-state index in [1.807, 2.05) is 32.0 Å². The van der Waals surface area contributed by atoms with Gasteiger partial charge in [0.15, 0.2) is 11.5 Å². The highest BCUT2D eigenvalue weighted by Crippen LogP contribution is 2.33. The molecule has 1 aliphatic rings. The van der Waals surface area contributed by atoms with Crippen LogP contribution < -0.4 is 10.1 Å². The lowest BCUT2D eigenvalue weighted by Gasteiger charge is -2.15. The first-order valence-corrected chi connectivity index (χ1v) is 6.30. The Kier molecular flexibility index (Phi) is 5.29. The number of hydrogen-bond donors (Lipinski definition) is 2. The maximum Gasteiger partial charge on any atom is 0.160 e. The van der Waals surface area contributed by atoms with Gasteiger partial charge < -0.3 is 15.2 Å². The molecule has 2 rings (SSSR count). The Morgan fingerprint density at radius 1 is 1.29 bits per heavy atom. The monoisotopic (exact) mass is 237 g/mol. The van der Waals surface area contributed by atoms with Crippen molar-refractivity contribution in [2.45, 2.75) is 26.7 Å². The second-order valence-electron chi connectivity index (χ2n) is 4.17. The lowest BCUT2D eigenvalue weighted by molar-refractivity contribution is 0.372. The molecule has 2 unspecified atom stereocenters. The Morgan fingerprint density at radius 3 is 2.47 bits per heavy atom. The molecule has 96 valence electrons. The summed E-state index contributed by atoms with van der Waals surface area (Å²) in [6.45, 7) is 8.27. The topological polar surface area (TPSA) is 41.5 Å². The maximum absolute atomic E-state index is 9.69. The average Bonchev–Trinajstić information content (AvgIpc) is 2.78. The second-order valence-corrected chi connectivity index (χ2v) is 4.17. The van der Waals surface area contributed by atoms with E-state index >= 15 is 0 Å². The molecule has 0 aliphatic carbocycles. The van der Waals surface area contributed by atoms with Gasteiger partial charge in [-0.3, -0.25) is 0 Å². The van der Waals surface area contributed by atoms with Crippen LogP contribution in [0.4, 0.5) is 0 Å². The summed E-state index contributed by atoms with van der Waals surface area (Å²) in [4.78, 5) is 0. The molecule has 1 fully saturated rings. The van der Waals surface area contributed by atoms with Crippen molar-refractivity contribution in [2.24, 2.45) is 5.92 Å². The van der Waals surface area contributed by atoms with E-state index in [1.165, 1.54) is 5.56 Å². The maximum atomic E-state index is 9.69. The summed E-state index contributed by atoms with van der Waals surface area (Å²) in [5.74, 6) is 1.89. The van der Waals surface area contributed by atoms with Crippen molar-refractivity contribution in [1.29, 1.82) is 0 Å². The number of ether oxygens (including phenoxy) is 1. The first-order chi connectivity index (χ1) is 8.22. The van der Waals surface area contributed by atoms with Gasteiger partial charge in [0.1, 0.15) is 0 Å². The molecule has 0 saturated carbocycles. The quantitative estimate of drug-likeness (QED) is 0.831. The van der Waals surface area contributed by atoms with Gasteiger partial charge in [-0.1, -0.05) is 26.8 Å². The normalized spacial score (nSPS) is 22.8. The van der Waals surface area contributed by atoms with E-state index in [9.17, 15) is 5.11 Å². The van der Waals surface area contributed by atoms with E-state index < -0.39 is 0 Å². The standard InChI is InChI=1S/C12H17NO2.C2H6/c1-8-6-13-7-10(8)9-3-4-12(15-2)11(14)5-9;1-2/h3-5,8,10,13-14H,6-7H2,1-2H3;1-2H3. The van der Waals surface area contributed by atoms with Crippen LogP contribution in [-0.4, -0.2) is 25.3 Å². The number of rotatable bonds is 2. The van der Waals surface area contributed by atoms with Crippen LogP contribution in [0.1, 0.15) is 32.3 Å². The van der Waals surface area contributed by atoms with Crippen molar-refractivity contribution in [3.8, 4) is 11.5 Å². The lowest BCUT2D eigenvalue weighted by Crippen LogP contribution is -2.07. The van der Waals surface area contributed by atoms with Crippen molar-refractivity contribution < 1.29 is 9.84 Å². The van der Waals surface area contributed by atoms with Crippen molar-refractivity contribution in [2.75, 3.05) is 20.2 Å². The van der Waals surface area contributed by atoms with E-state index in [1.54, 1.807) is 7.11 Å². The van der Waals surface area contributed by atoms with Crippen LogP contribution >= 0.6 is 0 Å². The summed E-state index contributed by atoms with van der Waals surface area (Å²) < 4.78 is 5.02. The number of phenols is 1. The molecule has 2 N–H and O–H groups in total. The number of methoxy groups -OCH3 is 1. The van der Waals surface area contributed by atoms with E-state index in [4.69, 9.17) is 4.74 Å². The number of hydrogen-bond acceptors (Lipinski definition) is 3. The first kappa shape index (κ1) is 13.8. The van der Waals surface area contributed by atoms with Crippen molar-refractivity contribution in [1.82, 2.24) is 5.32 Å². The third-order valence-electron chi connectivity index (χ3n) is 3.15. The predicted molar refractivity (Wildman–Crippen MR) is 70.8 cm³/mol. The fourth-order valence-corrected chi connectivity index (χ4v) is 2.19. The molecule has 3 heteroatoms. The molecule has 1 heterocycles. The van der Waals surface area contributed by atoms with Crippen LogP contribution in [0.25, 0.3) is 0 Å². The van der Waals surface area contributed by atoms with Crippen LogP contribution in [0.15, 0.2) is 18.2 Å². The molecule has 1 aliphatic heterocycles. The van der Waals surface area contributed by atoms with Gasteiger partial charge in [-0.25, -0.2) is 0 Å². The molecule has 0 amide bonds. The third kappa shape index (κ3) is 3.13. The van der Waals surface area contributed by atoms with Gasteiger partial charge in [-0.15, -0.1) is 0 Å². The van der Waals surface area contributed by atoms with Crippen LogP contribution in [0.5, 0.6) is 11.5 Å². The summed E-state index contributed by atoms with van der Waals surface area (Å²) in [7, 11) is 1.56. The average molecular weight is 237 g/mol. The Bertz CT molecular complexity index is 352. The fourth-order valence-electron chi connectivity index (χ4n) is 2.19. The smallest absolute Gasteiger partial charge is 0.160 e. The zero-order chi connectivity index (χ0) is 12.8. The van der Waals surface area contributed by atoms with Gasteiger partial charge >= 0.3 is 0 Å². The van der Waals surface area contributed by atoms with Gasteiger partial charge in [0.05, 0.1) is 7.11 Å². The molecule has 2 atom stereocenters. The van der Waals surface area contributed by atoms with Crippen molar-refractivity contribution in [3.63, 3.8) is 0 Å². The first-order valence-electron chi connectivity index (χ1n) is 6.30. The molecule has 0 radical (unpaired) electrons. The minimum absolute atomic E-state index is 0.231. The van der Waals surface area contributed by atoms with Crippen LogP contribution in [0.3, 0.4) is 0 Å². The SMILES string of the molecule is CC.COc1ccc(C2CNCC2C)cc1O. The van der Waals surface area contributed by atoms with Crippen LogP contribution in [-0.2, 0) is 0 Å². The fraction of sp³-hybridized carbons (Fsp3) is 0.571. The number of aromatic hydroxyl groups is 1. The zero-order valence-electron chi connectivity index (χ0n) is 11.2. The van der Waals surface area contributed by atoms with E-state index in [-0.39, 0.29) is 5.75 Å². The Morgan fingerprint density at radius 2 is 2.00 bits per heavy atom. The van der Waals surface area contributed by atoms with Crippen molar-refractivity contribution in [3.05, 3.63) is 23.8 Å². The van der Waals surface area contributed by atoms with Crippen molar-refractivity contribution >= 4 is 0 Å². The number of benzene rings is 1. The summed E-state index contributed by atoms with van der Waals surface area (Å²) in [5, 5.41) is 13.0. The van der Waals surface area contributed by atoms with Gasteiger partial charge in [-0.2, -0.15) is 0 Å². The molecule has 0 spiro atoms. The predicted octanol–water partition coefficient (Wildman–Crippen LogP) is 2.75.